The summed E-state index contributed by atoms with van der Waals surface area (Å²) in [5, 5.41) is 17.3. The van der Waals surface area contributed by atoms with Gasteiger partial charge in [0.15, 0.2) is 5.96 Å². The molecule has 0 radical (unpaired) electrons. The van der Waals surface area contributed by atoms with E-state index in [-0.39, 0.29) is 29.9 Å². The first-order chi connectivity index (χ1) is 12.7. The molecule has 0 saturated heterocycles. The maximum atomic E-state index is 11.9. The molecule has 2 aromatic rings. The van der Waals surface area contributed by atoms with Crippen molar-refractivity contribution in [2.75, 3.05) is 26.2 Å². The molecule has 2 heterocycles. The van der Waals surface area contributed by atoms with Crippen molar-refractivity contribution < 1.29 is 4.79 Å². The second-order valence-electron chi connectivity index (χ2n) is 5.48. The summed E-state index contributed by atoms with van der Waals surface area (Å²) in [6.07, 6.45) is 5.77. The fourth-order valence-electron chi connectivity index (χ4n) is 2.31. The van der Waals surface area contributed by atoms with Gasteiger partial charge in [0.2, 0.25) is 0 Å². The van der Waals surface area contributed by atoms with Crippen LogP contribution >= 0.6 is 24.0 Å². The molecule has 0 bridgehead atoms. The molecule has 0 aliphatic heterocycles. The molecule has 10 heteroatoms. The zero-order valence-electron chi connectivity index (χ0n) is 15.7. The van der Waals surface area contributed by atoms with Crippen LogP contribution in [0.25, 0.3) is 0 Å². The van der Waals surface area contributed by atoms with Crippen molar-refractivity contribution in [3.05, 3.63) is 42.2 Å². The van der Waals surface area contributed by atoms with Crippen molar-refractivity contribution in [2.24, 2.45) is 4.99 Å². The summed E-state index contributed by atoms with van der Waals surface area (Å²) in [6, 6.07) is 3.47. The number of hydrogen-bond acceptors (Lipinski definition) is 5. The predicted molar refractivity (Wildman–Crippen MR) is 115 cm³/mol. The third-order valence-electron chi connectivity index (χ3n) is 3.59. The van der Waals surface area contributed by atoms with Gasteiger partial charge in [0.1, 0.15) is 12.2 Å². The van der Waals surface area contributed by atoms with Crippen LogP contribution in [0.2, 0.25) is 0 Å². The van der Waals surface area contributed by atoms with E-state index in [1.807, 2.05) is 11.5 Å². The Bertz CT molecular complexity index is 704. The third-order valence-corrected chi connectivity index (χ3v) is 3.59. The van der Waals surface area contributed by atoms with Gasteiger partial charge in [-0.15, -0.1) is 34.2 Å². The van der Waals surface area contributed by atoms with Gasteiger partial charge in [-0.05, 0) is 19.1 Å². The number of aromatic nitrogens is 4. The Morgan fingerprint density at radius 2 is 2.07 bits per heavy atom. The van der Waals surface area contributed by atoms with Gasteiger partial charge in [-0.25, -0.2) is 0 Å². The molecule has 27 heavy (non-hydrogen) atoms. The molecule has 0 aromatic carbocycles. The van der Waals surface area contributed by atoms with Crippen molar-refractivity contribution in [1.82, 2.24) is 35.7 Å². The molecule has 0 aliphatic rings. The van der Waals surface area contributed by atoms with Crippen molar-refractivity contribution >= 4 is 35.8 Å². The van der Waals surface area contributed by atoms with Crippen molar-refractivity contribution in [3.8, 4) is 0 Å². The van der Waals surface area contributed by atoms with E-state index in [1.165, 1.54) is 0 Å². The van der Waals surface area contributed by atoms with Crippen LogP contribution in [-0.4, -0.2) is 57.8 Å². The summed E-state index contributed by atoms with van der Waals surface area (Å²) in [4.78, 5) is 20.3. The zero-order valence-corrected chi connectivity index (χ0v) is 18.0. The molecule has 0 saturated carbocycles. The van der Waals surface area contributed by atoms with E-state index in [4.69, 9.17) is 0 Å². The van der Waals surface area contributed by atoms with E-state index in [2.05, 4.69) is 43.0 Å². The Hall–Kier alpha value is -2.24. The van der Waals surface area contributed by atoms with Crippen LogP contribution < -0.4 is 16.0 Å². The van der Waals surface area contributed by atoms with Crippen LogP contribution in [0.15, 0.2) is 35.8 Å². The highest BCUT2D eigenvalue weighted by molar-refractivity contribution is 14.0. The summed E-state index contributed by atoms with van der Waals surface area (Å²) in [5.74, 6) is 1.53. The van der Waals surface area contributed by atoms with E-state index in [9.17, 15) is 4.79 Å². The topological polar surface area (TPSA) is 109 Å². The first-order valence-electron chi connectivity index (χ1n) is 8.81. The molecule has 0 atom stereocenters. The summed E-state index contributed by atoms with van der Waals surface area (Å²) < 4.78 is 2.02. The molecule has 9 nitrogen and oxygen atoms in total. The lowest BCUT2D eigenvalue weighted by molar-refractivity contribution is 0.0954. The van der Waals surface area contributed by atoms with Gasteiger partial charge < -0.3 is 20.5 Å². The highest BCUT2D eigenvalue weighted by Crippen LogP contribution is 1.95. The lowest BCUT2D eigenvalue weighted by Crippen LogP contribution is -2.39. The van der Waals surface area contributed by atoms with Crippen LogP contribution in [0.4, 0.5) is 0 Å². The zero-order chi connectivity index (χ0) is 18.6. The second kappa shape index (κ2) is 13.0. The molecule has 148 valence electrons. The molecule has 0 spiro atoms. The predicted octanol–water partition coefficient (Wildman–Crippen LogP) is 0.839. The number of aliphatic imine (C=N–C) groups is 1. The van der Waals surface area contributed by atoms with Gasteiger partial charge in [-0.2, -0.15) is 0 Å². The van der Waals surface area contributed by atoms with E-state index in [0.29, 0.717) is 31.2 Å². The molecule has 0 fully saturated rings. The number of rotatable bonds is 9. The maximum absolute atomic E-state index is 11.9. The largest absolute Gasteiger partial charge is 0.357 e. The lowest BCUT2D eigenvalue weighted by Gasteiger charge is -2.12. The summed E-state index contributed by atoms with van der Waals surface area (Å²) in [7, 11) is 0. The standard InChI is InChI=1S/C17H26N8O.HI/c1-3-15-24-23-13-25(15)11-10-22-17(19-4-2)21-9-8-20-16(26)14-6-5-7-18-12-14;/h5-7,12-13H,3-4,8-11H2,1-2H3,(H,20,26)(H2,19,21,22);1H. The normalized spacial score (nSPS) is 10.8. The smallest absolute Gasteiger partial charge is 0.252 e. The minimum atomic E-state index is -0.147. The molecule has 0 unspecified atom stereocenters. The quantitative estimate of drug-likeness (QED) is 0.210. The highest BCUT2D eigenvalue weighted by Gasteiger charge is 2.04. The number of pyridine rings is 1. The minimum Gasteiger partial charge on any atom is -0.357 e. The Morgan fingerprint density at radius 3 is 2.78 bits per heavy atom. The van der Waals surface area contributed by atoms with Gasteiger partial charge in [-0.3, -0.25) is 14.8 Å². The number of carbonyl (C=O) groups excluding carboxylic acids is 1. The monoisotopic (exact) mass is 486 g/mol. The summed E-state index contributed by atoms with van der Waals surface area (Å²) in [5.41, 5.74) is 0.544. The van der Waals surface area contributed by atoms with Crippen molar-refractivity contribution in [3.63, 3.8) is 0 Å². The first kappa shape index (κ1) is 22.8. The van der Waals surface area contributed by atoms with Crippen LogP contribution in [0, 0.1) is 0 Å². The number of nitrogens with one attached hydrogen (secondary N) is 3. The highest BCUT2D eigenvalue weighted by atomic mass is 127. The molecular formula is C17H27IN8O. The van der Waals surface area contributed by atoms with E-state index in [0.717, 1.165) is 25.3 Å². The average molecular weight is 486 g/mol. The van der Waals surface area contributed by atoms with E-state index in [1.54, 1.807) is 30.9 Å². The molecule has 2 aromatic heterocycles. The number of carbonyl (C=O) groups is 1. The van der Waals surface area contributed by atoms with Crippen LogP contribution in [-0.2, 0) is 13.0 Å². The SMILES string of the molecule is CCNC(=NCCNC(=O)c1cccnc1)NCCn1cnnc1CC.I. The number of hydrogen-bond donors (Lipinski definition) is 3. The molecule has 1 amide bonds. The van der Waals surface area contributed by atoms with Crippen LogP contribution in [0.1, 0.15) is 30.0 Å². The van der Waals surface area contributed by atoms with Gasteiger partial charge >= 0.3 is 0 Å². The summed E-state index contributed by atoms with van der Waals surface area (Å²) >= 11 is 0. The van der Waals surface area contributed by atoms with Crippen LogP contribution in [0.5, 0.6) is 0 Å². The molecular weight excluding hydrogens is 459 g/mol. The fraction of sp³-hybridized carbons (Fsp3) is 0.471. The molecule has 3 N–H and O–H groups in total. The number of halogens is 1. The Balaban J connectivity index is 0.00000364. The van der Waals surface area contributed by atoms with E-state index >= 15 is 0 Å². The van der Waals surface area contributed by atoms with Crippen molar-refractivity contribution in [1.29, 1.82) is 0 Å². The maximum Gasteiger partial charge on any atom is 0.252 e. The second-order valence-corrected chi connectivity index (χ2v) is 5.48. The van der Waals surface area contributed by atoms with E-state index < -0.39 is 0 Å². The number of amides is 1. The molecule has 0 aliphatic carbocycles. The summed E-state index contributed by atoms with van der Waals surface area (Å²) in [6.45, 7) is 7.23. The average Bonchev–Trinajstić information content (AvgIpc) is 3.13. The Labute approximate surface area is 176 Å². The van der Waals surface area contributed by atoms with Gasteiger partial charge in [0.25, 0.3) is 5.91 Å². The first-order valence-corrected chi connectivity index (χ1v) is 8.81. The number of guanidine groups is 1. The lowest BCUT2D eigenvalue weighted by atomic mass is 10.3. The molecule has 2 rings (SSSR count). The Morgan fingerprint density at radius 1 is 1.22 bits per heavy atom. The van der Waals surface area contributed by atoms with Gasteiger partial charge in [0, 0.05) is 45.0 Å². The van der Waals surface area contributed by atoms with Gasteiger partial charge in [0.05, 0.1) is 12.1 Å². The number of aryl methyl sites for hydroxylation is 1. The third kappa shape index (κ3) is 7.89. The fourth-order valence-corrected chi connectivity index (χ4v) is 2.31. The number of nitrogens with zero attached hydrogens (tertiary/aromatic N) is 5. The van der Waals surface area contributed by atoms with Crippen molar-refractivity contribution in [2.45, 2.75) is 26.8 Å². The Kier molecular flexibility index (Phi) is 11.0. The minimum absolute atomic E-state index is 0. The van der Waals surface area contributed by atoms with Gasteiger partial charge in [-0.1, -0.05) is 6.92 Å². The van der Waals surface area contributed by atoms with Crippen LogP contribution in [0.3, 0.4) is 0 Å².